The molecule has 2 heteroatoms. The summed E-state index contributed by atoms with van der Waals surface area (Å²) >= 11 is 0. The summed E-state index contributed by atoms with van der Waals surface area (Å²) in [7, 11) is 0. The van der Waals surface area contributed by atoms with E-state index in [4.69, 9.17) is 0 Å². The molecule has 0 aromatic carbocycles. The molecule has 0 spiro atoms. The predicted octanol–water partition coefficient (Wildman–Crippen LogP) is 1.96. The molecule has 0 radical (unpaired) electrons. The molecule has 0 aromatic rings. The summed E-state index contributed by atoms with van der Waals surface area (Å²) in [6, 6.07) is 0.968. The van der Waals surface area contributed by atoms with Gasteiger partial charge in [0, 0.05) is 38.8 Å². The molecule has 15 heavy (non-hydrogen) atoms. The first-order valence-corrected chi connectivity index (χ1v) is 6.88. The van der Waals surface area contributed by atoms with Gasteiger partial charge in [-0.3, -0.25) is 4.90 Å². The minimum Gasteiger partial charge on any atom is -0.301 e. The molecule has 3 rings (SSSR count). The average molecular weight is 208 g/mol. The van der Waals surface area contributed by atoms with Crippen LogP contribution in [0.3, 0.4) is 0 Å². The van der Waals surface area contributed by atoms with Gasteiger partial charge in [0.1, 0.15) is 0 Å². The predicted molar refractivity (Wildman–Crippen MR) is 63.0 cm³/mol. The maximum absolute atomic E-state index is 2.74. The largest absolute Gasteiger partial charge is 0.301 e. The maximum atomic E-state index is 2.74. The van der Waals surface area contributed by atoms with E-state index in [0.29, 0.717) is 0 Å². The van der Waals surface area contributed by atoms with Gasteiger partial charge in [0.25, 0.3) is 0 Å². The van der Waals surface area contributed by atoms with Crippen LogP contribution < -0.4 is 0 Å². The van der Waals surface area contributed by atoms with Crippen molar-refractivity contribution in [2.45, 2.75) is 44.6 Å². The highest BCUT2D eigenvalue weighted by Crippen LogP contribution is 2.29. The molecule has 1 saturated heterocycles. The van der Waals surface area contributed by atoms with Gasteiger partial charge in [-0.05, 0) is 31.6 Å². The first-order valence-electron chi connectivity index (χ1n) is 6.88. The van der Waals surface area contributed by atoms with Gasteiger partial charge in [0.05, 0.1) is 0 Å². The van der Waals surface area contributed by atoms with E-state index >= 15 is 0 Å². The fourth-order valence-electron chi connectivity index (χ4n) is 3.10. The van der Waals surface area contributed by atoms with Gasteiger partial charge < -0.3 is 4.90 Å². The molecule has 86 valence electrons. The maximum Gasteiger partial charge on any atom is 0.0113 e. The Kier molecular flexibility index (Phi) is 2.98. The summed E-state index contributed by atoms with van der Waals surface area (Å²) < 4.78 is 0. The first-order chi connectivity index (χ1) is 7.42. The second-order valence-electron chi connectivity index (χ2n) is 5.72. The highest BCUT2D eigenvalue weighted by molar-refractivity contribution is 4.85. The van der Waals surface area contributed by atoms with Gasteiger partial charge in [-0.15, -0.1) is 0 Å². The van der Waals surface area contributed by atoms with Crippen molar-refractivity contribution in [3.8, 4) is 0 Å². The van der Waals surface area contributed by atoms with Gasteiger partial charge in [-0.25, -0.2) is 0 Å². The molecule has 0 bridgehead atoms. The number of piperazine rings is 1. The number of rotatable bonds is 3. The molecule has 3 fully saturated rings. The molecular formula is C13H24N2. The molecule has 0 aromatic heterocycles. The number of hydrogen-bond donors (Lipinski definition) is 0. The van der Waals surface area contributed by atoms with Gasteiger partial charge in [0.15, 0.2) is 0 Å². The number of nitrogens with zero attached hydrogens (tertiary/aromatic N) is 2. The lowest BCUT2D eigenvalue weighted by Gasteiger charge is -2.44. The standard InChI is InChI=1S/C13H24N2/c1-3-12(4-1)11-14-7-9-15(10-8-14)13-5-2-6-13/h12-13H,1-11H2. The van der Waals surface area contributed by atoms with Gasteiger partial charge in [0.2, 0.25) is 0 Å². The van der Waals surface area contributed by atoms with Gasteiger partial charge in [-0.1, -0.05) is 12.8 Å². The Morgan fingerprint density at radius 1 is 0.800 bits per heavy atom. The van der Waals surface area contributed by atoms with Crippen LogP contribution in [0.25, 0.3) is 0 Å². The van der Waals surface area contributed by atoms with Crippen LogP contribution in [0.2, 0.25) is 0 Å². The monoisotopic (exact) mass is 208 g/mol. The van der Waals surface area contributed by atoms with Crippen LogP contribution in [0, 0.1) is 5.92 Å². The lowest BCUT2D eigenvalue weighted by Crippen LogP contribution is -2.53. The normalized spacial score (nSPS) is 31.2. The average Bonchev–Trinajstić information content (AvgIpc) is 2.11. The quantitative estimate of drug-likeness (QED) is 0.699. The second kappa shape index (κ2) is 4.42. The summed E-state index contributed by atoms with van der Waals surface area (Å²) in [6.07, 6.45) is 8.93. The number of hydrogen-bond acceptors (Lipinski definition) is 2. The third-order valence-electron chi connectivity index (χ3n) is 4.74. The summed E-state index contributed by atoms with van der Waals surface area (Å²) in [5.41, 5.74) is 0. The third kappa shape index (κ3) is 2.21. The molecule has 2 nitrogen and oxygen atoms in total. The topological polar surface area (TPSA) is 6.48 Å². The lowest BCUT2D eigenvalue weighted by molar-refractivity contribution is 0.0485. The molecule has 0 amide bonds. The van der Waals surface area contributed by atoms with E-state index in [-0.39, 0.29) is 0 Å². The van der Waals surface area contributed by atoms with E-state index in [1.807, 2.05) is 0 Å². The van der Waals surface area contributed by atoms with Crippen LogP contribution in [0.15, 0.2) is 0 Å². The Morgan fingerprint density at radius 3 is 1.93 bits per heavy atom. The highest BCUT2D eigenvalue weighted by atomic mass is 15.3. The summed E-state index contributed by atoms with van der Waals surface area (Å²) in [5.74, 6) is 1.06. The summed E-state index contributed by atoms with van der Waals surface area (Å²) in [4.78, 5) is 5.44. The Hall–Kier alpha value is -0.0800. The van der Waals surface area contributed by atoms with Crippen molar-refractivity contribution < 1.29 is 0 Å². The molecule has 2 aliphatic carbocycles. The fraction of sp³-hybridized carbons (Fsp3) is 1.00. The Labute approximate surface area is 93.6 Å². The van der Waals surface area contributed by atoms with Crippen molar-refractivity contribution in [3.63, 3.8) is 0 Å². The van der Waals surface area contributed by atoms with Crippen LogP contribution in [0.4, 0.5) is 0 Å². The van der Waals surface area contributed by atoms with Crippen LogP contribution >= 0.6 is 0 Å². The van der Waals surface area contributed by atoms with Crippen molar-refractivity contribution in [1.82, 2.24) is 9.80 Å². The Bertz CT molecular complexity index is 201. The van der Waals surface area contributed by atoms with E-state index in [2.05, 4.69) is 9.80 Å². The molecule has 1 heterocycles. The van der Waals surface area contributed by atoms with Crippen LogP contribution in [-0.4, -0.2) is 48.6 Å². The zero-order valence-electron chi connectivity index (χ0n) is 9.83. The van der Waals surface area contributed by atoms with E-state index in [9.17, 15) is 0 Å². The second-order valence-corrected chi connectivity index (χ2v) is 5.72. The highest BCUT2D eigenvalue weighted by Gasteiger charge is 2.29. The SMILES string of the molecule is C1CC(CN2CCN(C3CCC3)CC2)C1. The lowest BCUT2D eigenvalue weighted by atomic mass is 9.85. The van der Waals surface area contributed by atoms with Crippen molar-refractivity contribution in [3.05, 3.63) is 0 Å². The van der Waals surface area contributed by atoms with Crippen LogP contribution in [-0.2, 0) is 0 Å². The van der Waals surface area contributed by atoms with Crippen LogP contribution in [0.5, 0.6) is 0 Å². The van der Waals surface area contributed by atoms with Gasteiger partial charge >= 0.3 is 0 Å². The Balaban J connectivity index is 1.39. The van der Waals surface area contributed by atoms with Crippen LogP contribution in [0.1, 0.15) is 38.5 Å². The van der Waals surface area contributed by atoms with E-state index in [1.165, 1.54) is 71.2 Å². The van der Waals surface area contributed by atoms with E-state index < -0.39 is 0 Å². The van der Waals surface area contributed by atoms with Gasteiger partial charge in [-0.2, -0.15) is 0 Å². The van der Waals surface area contributed by atoms with E-state index in [0.717, 1.165) is 12.0 Å². The molecule has 2 saturated carbocycles. The van der Waals surface area contributed by atoms with Crippen molar-refractivity contribution >= 4 is 0 Å². The van der Waals surface area contributed by atoms with Crippen molar-refractivity contribution in [1.29, 1.82) is 0 Å². The molecule has 0 atom stereocenters. The Morgan fingerprint density at radius 2 is 1.47 bits per heavy atom. The summed E-state index contributed by atoms with van der Waals surface area (Å²) in [5, 5.41) is 0. The molecule has 3 aliphatic rings. The molecule has 1 aliphatic heterocycles. The zero-order valence-corrected chi connectivity index (χ0v) is 9.83. The van der Waals surface area contributed by atoms with Crippen molar-refractivity contribution in [2.24, 2.45) is 5.92 Å². The first kappa shape index (κ1) is 10.1. The smallest absolute Gasteiger partial charge is 0.0113 e. The summed E-state index contributed by atoms with van der Waals surface area (Å²) in [6.45, 7) is 6.77. The third-order valence-corrected chi connectivity index (χ3v) is 4.74. The molecule has 0 unspecified atom stereocenters. The zero-order chi connectivity index (χ0) is 10.1. The minimum absolute atomic E-state index is 0.968. The molecule has 0 N–H and O–H groups in total. The molecular weight excluding hydrogens is 184 g/mol. The van der Waals surface area contributed by atoms with Crippen molar-refractivity contribution in [2.75, 3.05) is 32.7 Å². The fourth-order valence-corrected chi connectivity index (χ4v) is 3.10. The minimum atomic E-state index is 0.968. The van der Waals surface area contributed by atoms with E-state index in [1.54, 1.807) is 0 Å².